The predicted molar refractivity (Wildman–Crippen MR) is 76.7 cm³/mol. The number of β-lactam (4-membered cyclic amide) rings is 1. The zero-order chi connectivity index (χ0) is 14.4. The van der Waals surface area contributed by atoms with Crippen LogP contribution in [-0.2, 0) is 9.59 Å². The normalized spacial score (nSPS) is 34.2. The standard InChI is InChI=1S/C12H16N2O4S2/c1-5(15)7-9(16)14-8(11(17)18)12(20-10(7)14)19-6-3-2-4-13-6/h5-7,10,13,15H,2-4H2,1H3,(H,17,18)/t5-,6-,7+,10-/m1/s1. The Hall–Kier alpha value is -0.700. The fourth-order valence-corrected chi connectivity index (χ4v) is 5.94. The van der Waals surface area contributed by atoms with Gasteiger partial charge < -0.3 is 15.5 Å². The number of carboxylic acid groups (broad SMARTS) is 1. The molecule has 0 aromatic heterocycles. The van der Waals surface area contributed by atoms with E-state index in [4.69, 9.17) is 0 Å². The van der Waals surface area contributed by atoms with Crippen LogP contribution in [0.5, 0.6) is 0 Å². The molecular weight excluding hydrogens is 300 g/mol. The number of carbonyl (C=O) groups excluding carboxylic acids is 1. The maximum absolute atomic E-state index is 12.0. The van der Waals surface area contributed by atoms with Crippen molar-refractivity contribution in [2.45, 2.75) is 36.6 Å². The maximum Gasteiger partial charge on any atom is 0.354 e. The van der Waals surface area contributed by atoms with Gasteiger partial charge in [-0.15, -0.1) is 0 Å². The van der Waals surface area contributed by atoms with Crippen LogP contribution in [0.4, 0.5) is 0 Å². The van der Waals surface area contributed by atoms with Gasteiger partial charge in [0.1, 0.15) is 5.37 Å². The first-order valence-electron chi connectivity index (χ1n) is 6.56. The Morgan fingerprint density at radius 3 is 2.90 bits per heavy atom. The molecular formula is C12H16N2O4S2. The highest BCUT2D eigenvalue weighted by molar-refractivity contribution is 8.23. The van der Waals surface area contributed by atoms with Gasteiger partial charge in [-0.05, 0) is 26.3 Å². The largest absolute Gasteiger partial charge is 0.477 e. The summed E-state index contributed by atoms with van der Waals surface area (Å²) in [4.78, 5) is 24.8. The summed E-state index contributed by atoms with van der Waals surface area (Å²) >= 11 is 2.88. The number of aliphatic carboxylic acids is 1. The van der Waals surface area contributed by atoms with Gasteiger partial charge in [-0.2, -0.15) is 0 Å². The summed E-state index contributed by atoms with van der Waals surface area (Å²) in [6.45, 7) is 2.52. The summed E-state index contributed by atoms with van der Waals surface area (Å²) in [6, 6.07) is 0. The first-order chi connectivity index (χ1) is 9.50. The minimum absolute atomic E-state index is 0.0839. The van der Waals surface area contributed by atoms with Gasteiger partial charge in [-0.25, -0.2) is 4.79 Å². The molecule has 0 bridgehead atoms. The van der Waals surface area contributed by atoms with Crippen molar-refractivity contribution in [3.05, 3.63) is 9.93 Å². The molecule has 3 aliphatic heterocycles. The van der Waals surface area contributed by atoms with Gasteiger partial charge in [0.2, 0.25) is 5.91 Å². The lowest BCUT2D eigenvalue weighted by Gasteiger charge is -2.43. The Labute approximate surface area is 125 Å². The molecule has 3 heterocycles. The van der Waals surface area contributed by atoms with Crippen molar-refractivity contribution < 1.29 is 19.8 Å². The Morgan fingerprint density at radius 2 is 2.35 bits per heavy atom. The fraction of sp³-hybridized carbons (Fsp3) is 0.667. The second-order valence-electron chi connectivity index (χ2n) is 5.13. The van der Waals surface area contributed by atoms with E-state index in [0.717, 1.165) is 19.4 Å². The summed E-state index contributed by atoms with van der Waals surface area (Å²) < 4.78 is 0.679. The van der Waals surface area contributed by atoms with Crippen LogP contribution in [0.2, 0.25) is 0 Å². The molecule has 3 rings (SSSR count). The van der Waals surface area contributed by atoms with Crippen LogP contribution >= 0.6 is 23.5 Å². The number of aliphatic hydroxyl groups excluding tert-OH is 1. The molecule has 0 aromatic rings. The third-order valence-corrected chi connectivity index (χ3v) is 6.56. The van der Waals surface area contributed by atoms with Crippen molar-refractivity contribution in [2.75, 3.05) is 6.54 Å². The van der Waals surface area contributed by atoms with Crippen LogP contribution in [-0.4, -0.2) is 50.4 Å². The summed E-state index contributed by atoms with van der Waals surface area (Å²) in [5.41, 5.74) is 0.0839. The number of carboxylic acids is 1. The van der Waals surface area contributed by atoms with Crippen LogP contribution in [0, 0.1) is 5.92 Å². The molecule has 2 saturated heterocycles. The molecule has 1 amide bonds. The number of nitrogens with one attached hydrogen (secondary N) is 1. The van der Waals surface area contributed by atoms with E-state index >= 15 is 0 Å². The number of hydrogen-bond acceptors (Lipinski definition) is 6. The van der Waals surface area contributed by atoms with E-state index < -0.39 is 18.0 Å². The lowest BCUT2D eigenvalue weighted by atomic mass is 9.92. The van der Waals surface area contributed by atoms with Gasteiger partial charge in [-0.1, -0.05) is 23.5 Å². The number of rotatable bonds is 4. The summed E-state index contributed by atoms with van der Waals surface area (Å²) in [7, 11) is 0. The van der Waals surface area contributed by atoms with Gasteiger partial charge in [0.15, 0.2) is 5.70 Å². The molecule has 110 valence electrons. The molecule has 3 aliphatic rings. The van der Waals surface area contributed by atoms with E-state index in [2.05, 4.69) is 5.32 Å². The molecule has 8 heteroatoms. The van der Waals surface area contributed by atoms with Gasteiger partial charge in [0, 0.05) is 0 Å². The number of carbonyl (C=O) groups is 2. The van der Waals surface area contributed by atoms with Crippen LogP contribution in [0.15, 0.2) is 9.93 Å². The third-order valence-electron chi connectivity index (χ3n) is 3.73. The van der Waals surface area contributed by atoms with Gasteiger partial charge >= 0.3 is 5.97 Å². The quantitative estimate of drug-likeness (QED) is 0.654. The van der Waals surface area contributed by atoms with E-state index in [-0.39, 0.29) is 22.4 Å². The molecule has 0 unspecified atom stereocenters. The first-order valence-corrected chi connectivity index (χ1v) is 8.32. The number of aliphatic hydroxyl groups is 1. The zero-order valence-corrected chi connectivity index (χ0v) is 12.5. The van der Waals surface area contributed by atoms with Crippen molar-refractivity contribution in [3.8, 4) is 0 Å². The topological polar surface area (TPSA) is 89.9 Å². The molecule has 0 aromatic carbocycles. The number of hydrogen-bond donors (Lipinski definition) is 3. The average molecular weight is 316 g/mol. The second kappa shape index (κ2) is 5.25. The van der Waals surface area contributed by atoms with Crippen LogP contribution in [0.1, 0.15) is 19.8 Å². The molecule has 0 spiro atoms. The van der Waals surface area contributed by atoms with E-state index in [9.17, 15) is 19.8 Å². The van der Waals surface area contributed by atoms with E-state index in [0.29, 0.717) is 4.24 Å². The Kier molecular flexibility index (Phi) is 3.74. The first kappa shape index (κ1) is 14.2. The minimum Gasteiger partial charge on any atom is -0.477 e. The highest BCUT2D eigenvalue weighted by Gasteiger charge is 2.57. The lowest BCUT2D eigenvalue weighted by Crippen LogP contribution is -2.60. The molecule has 6 nitrogen and oxygen atoms in total. The van der Waals surface area contributed by atoms with Gasteiger partial charge in [0.05, 0.1) is 21.6 Å². The zero-order valence-electron chi connectivity index (χ0n) is 10.9. The van der Waals surface area contributed by atoms with Gasteiger partial charge in [0.25, 0.3) is 0 Å². The number of fused-ring (bicyclic) bond motifs is 1. The monoisotopic (exact) mass is 316 g/mol. The minimum atomic E-state index is -1.07. The fourth-order valence-electron chi connectivity index (χ4n) is 2.71. The van der Waals surface area contributed by atoms with Crippen molar-refractivity contribution in [2.24, 2.45) is 5.92 Å². The highest BCUT2D eigenvalue weighted by Crippen LogP contribution is 2.54. The molecule has 0 radical (unpaired) electrons. The number of nitrogens with zero attached hydrogens (tertiary/aromatic N) is 1. The molecule has 0 aliphatic carbocycles. The van der Waals surface area contributed by atoms with Crippen LogP contribution < -0.4 is 5.32 Å². The van der Waals surface area contributed by atoms with Crippen molar-refractivity contribution in [1.29, 1.82) is 0 Å². The Balaban J connectivity index is 1.81. The van der Waals surface area contributed by atoms with Gasteiger partial charge in [-0.3, -0.25) is 9.69 Å². The van der Waals surface area contributed by atoms with Crippen molar-refractivity contribution >= 4 is 35.4 Å². The predicted octanol–water partition coefficient (Wildman–Crippen LogP) is 0.595. The van der Waals surface area contributed by atoms with E-state index in [1.807, 2.05) is 0 Å². The second-order valence-corrected chi connectivity index (χ2v) is 7.73. The van der Waals surface area contributed by atoms with E-state index in [1.54, 1.807) is 6.92 Å². The summed E-state index contributed by atoms with van der Waals surface area (Å²) in [5.74, 6) is -1.85. The molecule has 2 fully saturated rings. The number of amides is 1. The third kappa shape index (κ3) is 2.14. The lowest BCUT2D eigenvalue weighted by molar-refractivity contribution is -0.156. The maximum atomic E-state index is 12.0. The summed E-state index contributed by atoms with van der Waals surface area (Å²) in [6.07, 6.45) is 1.33. The van der Waals surface area contributed by atoms with Crippen LogP contribution in [0.3, 0.4) is 0 Å². The summed E-state index contributed by atoms with van der Waals surface area (Å²) in [5, 5.41) is 22.3. The molecule has 3 N–H and O–H groups in total. The van der Waals surface area contributed by atoms with Crippen LogP contribution in [0.25, 0.3) is 0 Å². The molecule has 20 heavy (non-hydrogen) atoms. The molecule has 0 saturated carbocycles. The Bertz CT molecular complexity index is 488. The van der Waals surface area contributed by atoms with E-state index in [1.165, 1.54) is 28.4 Å². The smallest absolute Gasteiger partial charge is 0.354 e. The van der Waals surface area contributed by atoms with Crippen molar-refractivity contribution in [1.82, 2.24) is 10.2 Å². The average Bonchev–Trinajstić information content (AvgIpc) is 2.95. The number of thioether (sulfide) groups is 2. The Morgan fingerprint density at radius 1 is 1.60 bits per heavy atom. The van der Waals surface area contributed by atoms with Crippen molar-refractivity contribution in [3.63, 3.8) is 0 Å². The molecule has 4 atom stereocenters. The highest BCUT2D eigenvalue weighted by atomic mass is 32.2. The SMILES string of the molecule is C[C@@H](O)[C@H]1C(=O)N2C(C(=O)O)=C(S[C@@H]3CCCN3)S[C@H]12.